The second-order valence-corrected chi connectivity index (χ2v) is 7.56. The van der Waals surface area contributed by atoms with E-state index in [9.17, 15) is 18.0 Å². The van der Waals surface area contributed by atoms with Crippen molar-refractivity contribution in [2.24, 2.45) is 13.0 Å². The van der Waals surface area contributed by atoms with Gasteiger partial charge in [-0.1, -0.05) is 18.2 Å². The number of aromatic nitrogens is 2. The number of hydrogen-bond acceptors (Lipinski definition) is 2. The quantitative estimate of drug-likeness (QED) is 0.736. The van der Waals surface area contributed by atoms with Gasteiger partial charge in [0, 0.05) is 32.8 Å². The van der Waals surface area contributed by atoms with Gasteiger partial charge in [-0.25, -0.2) is 0 Å². The summed E-state index contributed by atoms with van der Waals surface area (Å²) >= 11 is 0. The summed E-state index contributed by atoms with van der Waals surface area (Å²) in [5.41, 5.74) is 0.832. The molecule has 3 rings (SSSR count). The van der Waals surface area contributed by atoms with Crippen molar-refractivity contribution < 1.29 is 18.0 Å². The summed E-state index contributed by atoms with van der Waals surface area (Å²) in [6, 6.07) is 5.78. The van der Waals surface area contributed by atoms with Crippen LogP contribution in [0.15, 0.2) is 36.7 Å². The molecule has 1 unspecified atom stereocenters. The molecule has 1 aliphatic rings. The Balaban J connectivity index is 1.52. The molecule has 1 amide bonds. The third kappa shape index (κ3) is 5.36. The molecule has 0 spiro atoms. The van der Waals surface area contributed by atoms with E-state index < -0.39 is 11.7 Å². The minimum atomic E-state index is -4.32. The Morgan fingerprint density at radius 3 is 2.75 bits per heavy atom. The molecule has 1 aromatic heterocycles. The molecule has 152 valence electrons. The monoisotopic (exact) mass is 393 g/mol. The standard InChI is InChI=1S/C21H26F3N3O/c1-26-14-17(13-25-26)9-11-20(28)27-12-4-5-16(15-27)8-10-18-6-2-3-7-19(18)21(22,23)24/h2-3,6-7,13-14,16H,4-5,8-12,15H2,1H3. The minimum absolute atomic E-state index is 0.115. The molecule has 28 heavy (non-hydrogen) atoms. The van der Waals surface area contributed by atoms with Gasteiger partial charge in [-0.05, 0) is 55.2 Å². The number of rotatable bonds is 6. The first-order valence-electron chi connectivity index (χ1n) is 9.73. The average Bonchev–Trinajstić information content (AvgIpc) is 3.09. The number of carbonyl (C=O) groups is 1. The highest BCUT2D eigenvalue weighted by molar-refractivity contribution is 5.76. The van der Waals surface area contributed by atoms with Crippen molar-refractivity contribution in [1.29, 1.82) is 0 Å². The Morgan fingerprint density at radius 1 is 1.25 bits per heavy atom. The zero-order chi connectivity index (χ0) is 20.1. The number of likely N-dealkylation sites (tertiary alicyclic amines) is 1. The third-order valence-electron chi connectivity index (χ3n) is 5.40. The highest BCUT2D eigenvalue weighted by Crippen LogP contribution is 2.33. The fraction of sp³-hybridized carbons (Fsp3) is 0.524. The Morgan fingerprint density at radius 2 is 2.04 bits per heavy atom. The molecule has 1 aromatic carbocycles. The van der Waals surface area contributed by atoms with E-state index in [1.165, 1.54) is 6.07 Å². The molecule has 2 heterocycles. The molecular weight excluding hydrogens is 367 g/mol. The maximum atomic E-state index is 13.1. The van der Waals surface area contributed by atoms with Crippen LogP contribution in [0, 0.1) is 5.92 Å². The lowest BCUT2D eigenvalue weighted by Crippen LogP contribution is -2.40. The number of benzene rings is 1. The van der Waals surface area contributed by atoms with Crippen LogP contribution in [-0.4, -0.2) is 33.7 Å². The summed E-state index contributed by atoms with van der Waals surface area (Å²) in [7, 11) is 1.84. The van der Waals surface area contributed by atoms with Crippen LogP contribution < -0.4 is 0 Å². The highest BCUT2D eigenvalue weighted by Gasteiger charge is 2.33. The Bertz CT molecular complexity index is 800. The van der Waals surface area contributed by atoms with Gasteiger partial charge in [-0.2, -0.15) is 18.3 Å². The van der Waals surface area contributed by atoms with Gasteiger partial charge in [0.25, 0.3) is 0 Å². The molecule has 7 heteroatoms. The predicted octanol–water partition coefficient (Wildman–Crippen LogP) is 4.24. The molecule has 1 atom stereocenters. The molecule has 1 fully saturated rings. The number of piperidine rings is 1. The number of hydrogen-bond donors (Lipinski definition) is 0. The number of aryl methyl sites for hydroxylation is 3. The van der Waals surface area contributed by atoms with Crippen LogP contribution >= 0.6 is 0 Å². The smallest absolute Gasteiger partial charge is 0.342 e. The summed E-state index contributed by atoms with van der Waals surface area (Å²) in [6.45, 7) is 1.38. The second-order valence-electron chi connectivity index (χ2n) is 7.56. The van der Waals surface area contributed by atoms with E-state index in [1.54, 1.807) is 23.0 Å². The Hall–Kier alpha value is -2.31. The molecule has 1 saturated heterocycles. The summed E-state index contributed by atoms with van der Waals surface area (Å²) in [6.07, 6.45) is 3.37. The fourth-order valence-electron chi connectivity index (χ4n) is 3.91. The van der Waals surface area contributed by atoms with Crippen molar-refractivity contribution in [2.45, 2.75) is 44.7 Å². The van der Waals surface area contributed by atoms with Crippen LogP contribution in [0.4, 0.5) is 13.2 Å². The van der Waals surface area contributed by atoms with Gasteiger partial charge in [-0.15, -0.1) is 0 Å². The van der Waals surface area contributed by atoms with Crippen molar-refractivity contribution in [3.05, 3.63) is 53.3 Å². The average molecular weight is 393 g/mol. The molecule has 0 bridgehead atoms. The molecular formula is C21H26F3N3O. The van der Waals surface area contributed by atoms with E-state index in [0.29, 0.717) is 37.8 Å². The molecule has 0 aliphatic carbocycles. The Kier molecular flexibility index (Phi) is 6.42. The van der Waals surface area contributed by atoms with Crippen LogP contribution in [0.5, 0.6) is 0 Å². The maximum absolute atomic E-state index is 13.1. The summed E-state index contributed by atoms with van der Waals surface area (Å²) in [5.74, 6) is 0.363. The van der Waals surface area contributed by atoms with E-state index >= 15 is 0 Å². The third-order valence-corrected chi connectivity index (χ3v) is 5.40. The van der Waals surface area contributed by atoms with E-state index in [1.807, 2.05) is 18.1 Å². The van der Waals surface area contributed by atoms with Gasteiger partial charge < -0.3 is 4.90 Å². The SMILES string of the molecule is Cn1cc(CCC(=O)N2CCCC(CCc3ccccc3C(F)(F)F)C2)cn1. The summed E-state index contributed by atoms with van der Waals surface area (Å²) < 4.78 is 41.2. The first-order valence-corrected chi connectivity index (χ1v) is 9.73. The zero-order valence-corrected chi connectivity index (χ0v) is 16.1. The normalized spacial score (nSPS) is 17.7. The largest absolute Gasteiger partial charge is 0.416 e. The summed E-state index contributed by atoms with van der Waals surface area (Å²) in [5, 5.41) is 4.11. The number of alkyl halides is 3. The van der Waals surface area contributed by atoms with Crippen LogP contribution in [0.25, 0.3) is 0 Å². The van der Waals surface area contributed by atoms with Crippen molar-refractivity contribution >= 4 is 5.91 Å². The van der Waals surface area contributed by atoms with Crippen LogP contribution in [-0.2, 0) is 30.9 Å². The number of amides is 1. The van der Waals surface area contributed by atoms with Crippen molar-refractivity contribution in [2.75, 3.05) is 13.1 Å². The van der Waals surface area contributed by atoms with Crippen LogP contribution in [0.1, 0.15) is 42.4 Å². The van der Waals surface area contributed by atoms with Gasteiger partial charge in [0.1, 0.15) is 0 Å². The lowest BCUT2D eigenvalue weighted by molar-refractivity contribution is -0.138. The summed E-state index contributed by atoms with van der Waals surface area (Å²) in [4.78, 5) is 14.4. The van der Waals surface area contributed by atoms with E-state index in [0.717, 1.165) is 31.0 Å². The fourth-order valence-corrected chi connectivity index (χ4v) is 3.91. The number of nitrogens with zero attached hydrogens (tertiary/aromatic N) is 3. The first kappa shape index (κ1) is 20.4. The molecule has 0 saturated carbocycles. The molecule has 1 aliphatic heterocycles. The second kappa shape index (κ2) is 8.80. The van der Waals surface area contributed by atoms with Gasteiger partial charge >= 0.3 is 6.18 Å². The zero-order valence-electron chi connectivity index (χ0n) is 16.1. The van der Waals surface area contributed by atoms with Crippen molar-refractivity contribution in [3.63, 3.8) is 0 Å². The molecule has 0 radical (unpaired) electrons. The van der Waals surface area contributed by atoms with Gasteiger partial charge in [-0.3, -0.25) is 9.48 Å². The number of halogens is 3. The van der Waals surface area contributed by atoms with Gasteiger partial charge in [0.2, 0.25) is 5.91 Å². The highest BCUT2D eigenvalue weighted by atomic mass is 19.4. The van der Waals surface area contributed by atoms with E-state index in [4.69, 9.17) is 0 Å². The van der Waals surface area contributed by atoms with Crippen molar-refractivity contribution in [3.8, 4) is 0 Å². The molecule has 2 aromatic rings. The molecule has 4 nitrogen and oxygen atoms in total. The topological polar surface area (TPSA) is 38.1 Å². The maximum Gasteiger partial charge on any atom is 0.416 e. The Labute approximate surface area is 163 Å². The molecule has 0 N–H and O–H groups in total. The lowest BCUT2D eigenvalue weighted by atomic mass is 9.90. The predicted molar refractivity (Wildman–Crippen MR) is 101 cm³/mol. The van der Waals surface area contributed by atoms with Gasteiger partial charge in [0.15, 0.2) is 0 Å². The van der Waals surface area contributed by atoms with E-state index in [2.05, 4.69) is 5.10 Å². The van der Waals surface area contributed by atoms with Crippen molar-refractivity contribution in [1.82, 2.24) is 14.7 Å². The first-order chi connectivity index (χ1) is 13.3. The van der Waals surface area contributed by atoms with E-state index in [-0.39, 0.29) is 11.8 Å². The van der Waals surface area contributed by atoms with Gasteiger partial charge in [0.05, 0.1) is 11.8 Å². The van der Waals surface area contributed by atoms with Crippen LogP contribution in [0.3, 0.4) is 0 Å². The minimum Gasteiger partial charge on any atom is -0.342 e. The number of carbonyl (C=O) groups excluding carboxylic acids is 1. The van der Waals surface area contributed by atoms with Crippen LogP contribution in [0.2, 0.25) is 0 Å². The lowest BCUT2D eigenvalue weighted by Gasteiger charge is -2.33.